The van der Waals surface area contributed by atoms with Crippen LogP contribution in [0.5, 0.6) is 0 Å². The summed E-state index contributed by atoms with van der Waals surface area (Å²) in [5, 5.41) is 10.6. The number of morpholine rings is 1. The Morgan fingerprint density at radius 3 is 2.39 bits per heavy atom. The summed E-state index contributed by atoms with van der Waals surface area (Å²) >= 11 is 0. The molecule has 164 valence electrons. The minimum absolute atomic E-state index is 0.0579. The van der Waals surface area contributed by atoms with Gasteiger partial charge in [-0.25, -0.2) is 17.6 Å². The molecule has 1 heterocycles. The van der Waals surface area contributed by atoms with Crippen LogP contribution in [-0.2, 0) is 19.5 Å². The molecular formula is C19H17FN2O8S. The summed E-state index contributed by atoms with van der Waals surface area (Å²) in [5.41, 5.74) is -0.790. The number of sulfonamides is 1. The molecule has 0 aromatic heterocycles. The molecule has 3 rings (SSSR count). The number of ether oxygens (including phenoxy) is 2. The number of esters is 1. The van der Waals surface area contributed by atoms with E-state index in [-0.39, 0.29) is 42.4 Å². The van der Waals surface area contributed by atoms with Gasteiger partial charge in [0.25, 0.3) is 5.69 Å². The summed E-state index contributed by atoms with van der Waals surface area (Å²) in [6.45, 7) is -0.0524. The lowest BCUT2D eigenvalue weighted by molar-refractivity contribution is -0.384. The molecule has 1 aliphatic heterocycles. The van der Waals surface area contributed by atoms with E-state index >= 15 is 0 Å². The second-order valence-electron chi connectivity index (χ2n) is 6.46. The minimum Gasteiger partial charge on any atom is -0.454 e. The lowest BCUT2D eigenvalue weighted by Crippen LogP contribution is -2.40. The predicted molar refractivity (Wildman–Crippen MR) is 104 cm³/mol. The summed E-state index contributed by atoms with van der Waals surface area (Å²) < 4.78 is 50.6. The number of benzene rings is 2. The second-order valence-corrected chi connectivity index (χ2v) is 8.40. The van der Waals surface area contributed by atoms with Crippen molar-refractivity contribution in [2.24, 2.45) is 0 Å². The number of nitrogens with zero attached hydrogens (tertiary/aromatic N) is 2. The van der Waals surface area contributed by atoms with Crippen LogP contribution in [0, 0.1) is 15.9 Å². The number of hydrogen-bond acceptors (Lipinski definition) is 8. The highest BCUT2D eigenvalue weighted by Gasteiger charge is 2.28. The molecule has 1 saturated heterocycles. The van der Waals surface area contributed by atoms with Gasteiger partial charge in [-0.2, -0.15) is 4.31 Å². The third-order valence-electron chi connectivity index (χ3n) is 4.50. The van der Waals surface area contributed by atoms with E-state index < -0.39 is 44.7 Å². The molecule has 31 heavy (non-hydrogen) atoms. The molecule has 1 fully saturated rings. The summed E-state index contributed by atoms with van der Waals surface area (Å²) in [6, 6.07) is 7.37. The maximum atomic E-state index is 14.1. The highest BCUT2D eigenvalue weighted by molar-refractivity contribution is 7.89. The zero-order valence-corrected chi connectivity index (χ0v) is 16.8. The SMILES string of the molecule is O=C(COC(=O)c1cc(S(=O)(=O)N2CCOCC2)ccc1F)c1ccc([N+](=O)[O-])cc1. The maximum Gasteiger partial charge on any atom is 0.341 e. The van der Waals surface area contributed by atoms with E-state index in [4.69, 9.17) is 9.47 Å². The first-order valence-corrected chi connectivity index (χ1v) is 10.5. The van der Waals surface area contributed by atoms with Crippen LogP contribution < -0.4 is 0 Å². The molecule has 2 aromatic rings. The van der Waals surface area contributed by atoms with Crippen molar-refractivity contribution in [1.82, 2.24) is 4.31 Å². The summed E-state index contributed by atoms with van der Waals surface area (Å²) in [6.07, 6.45) is 0. The molecule has 1 aliphatic rings. The standard InChI is InChI=1S/C19H17FN2O8S/c20-17-6-5-15(31(27,28)21-7-9-29-10-8-21)11-16(17)19(24)30-12-18(23)13-1-3-14(4-2-13)22(25)26/h1-6,11H,7-10,12H2. The van der Waals surface area contributed by atoms with Crippen molar-refractivity contribution in [2.75, 3.05) is 32.9 Å². The Labute approximate surface area is 176 Å². The summed E-state index contributed by atoms with van der Waals surface area (Å²) in [5.74, 6) is -2.89. The van der Waals surface area contributed by atoms with Crippen molar-refractivity contribution in [3.63, 3.8) is 0 Å². The topological polar surface area (TPSA) is 133 Å². The van der Waals surface area contributed by atoms with Gasteiger partial charge in [-0.1, -0.05) is 0 Å². The van der Waals surface area contributed by atoms with E-state index in [0.717, 1.165) is 34.6 Å². The Balaban J connectivity index is 1.72. The van der Waals surface area contributed by atoms with Crippen LogP contribution in [-0.4, -0.2) is 62.3 Å². The normalized spacial score (nSPS) is 14.7. The first kappa shape index (κ1) is 22.5. The minimum atomic E-state index is -3.96. The third-order valence-corrected chi connectivity index (χ3v) is 6.39. The molecule has 0 bridgehead atoms. The molecule has 2 aromatic carbocycles. The molecule has 0 atom stereocenters. The Morgan fingerprint density at radius 1 is 1.13 bits per heavy atom. The lowest BCUT2D eigenvalue weighted by atomic mass is 10.1. The number of carbonyl (C=O) groups excluding carboxylic acids is 2. The molecule has 0 aliphatic carbocycles. The average Bonchev–Trinajstić information content (AvgIpc) is 2.78. The molecule has 0 spiro atoms. The van der Waals surface area contributed by atoms with Crippen LogP contribution in [0.15, 0.2) is 47.4 Å². The number of ketones is 1. The van der Waals surface area contributed by atoms with Gasteiger partial charge < -0.3 is 9.47 Å². The van der Waals surface area contributed by atoms with Crippen molar-refractivity contribution in [2.45, 2.75) is 4.90 Å². The fourth-order valence-corrected chi connectivity index (χ4v) is 4.25. The third kappa shape index (κ3) is 5.10. The van der Waals surface area contributed by atoms with Gasteiger partial charge in [-0.15, -0.1) is 0 Å². The number of rotatable bonds is 7. The van der Waals surface area contributed by atoms with Gasteiger partial charge in [0.05, 0.1) is 28.6 Å². The molecule has 0 N–H and O–H groups in total. The van der Waals surface area contributed by atoms with Crippen molar-refractivity contribution < 1.29 is 36.8 Å². The van der Waals surface area contributed by atoms with Crippen LogP contribution in [0.1, 0.15) is 20.7 Å². The van der Waals surface area contributed by atoms with Gasteiger partial charge in [0.15, 0.2) is 12.4 Å². The quantitative estimate of drug-likeness (QED) is 0.269. The van der Waals surface area contributed by atoms with E-state index in [9.17, 15) is 32.5 Å². The van der Waals surface area contributed by atoms with Gasteiger partial charge >= 0.3 is 5.97 Å². The fourth-order valence-electron chi connectivity index (χ4n) is 2.82. The van der Waals surface area contributed by atoms with Crippen molar-refractivity contribution in [3.8, 4) is 0 Å². The zero-order valence-electron chi connectivity index (χ0n) is 16.0. The first-order chi connectivity index (χ1) is 14.7. The second kappa shape index (κ2) is 9.29. The Morgan fingerprint density at radius 2 is 1.77 bits per heavy atom. The largest absolute Gasteiger partial charge is 0.454 e. The average molecular weight is 452 g/mol. The summed E-state index contributed by atoms with van der Waals surface area (Å²) in [4.78, 5) is 34.1. The van der Waals surface area contributed by atoms with Crippen LogP contribution in [0.2, 0.25) is 0 Å². The van der Waals surface area contributed by atoms with Crippen molar-refractivity contribution in [1.29, 1.82) is 0 Å². The smallest absolute Gasteiger partial charge is 0.341 e. The van der Waals surface area contributed by atoms with Gasteiger partial charge in [-0.05, 0) is 30.3 Å². The fraction of sp³-hybridized carbons (Fsp3) is 0.263. The Kier molecular flexibility index (Phi) is 6.73. The van der Waals surface area contributed by atoms with E-state index in [1.54, 1.807) is 0 Å². The number of nitro groups is 1. The number of Topliss-reactive ketones (excluding diaryl/α,β-unsaturated/α-hetero) is 1. The molecule has 0 unspecified atom stereocenters. The lowest BCUT2D eigenvalue weighted by Gasteiger charge is -2.26. The maximum absolute atomic E-state index is 14.1. The van der Waals surface area contributed by atoms with E-state index in [1.165, 1.54) is 12.1 Å². The van der Waals surface area contributed by atoms with E-state index in [1.807, 2.05) is 0 Å². The van der Waals surface area contributed by atoms with E-state index in [2.05, 4.69) is 0 Å². The van der Waals surface area contributed by atoms with Gasteiger partial charge in [0, 0.05) is 30.8 Å². The monoisotopic (exact) mass is 452 g/mol. The highest BCUT2D eigenvalue weighted by atomic mass is 32.2. The van der Waals surface area contributed by atoms with Crippen LogP contribution >= 0.6 is 0 Å². The van der Waals surface area contributed by atoms with Crippen LogP contribution in [0.25, 0.3) is 0 Å². The van der Waals surface area contributed by atoms with Gasteiger partial charge in [-0.3, -0.25) is 14.9 Å². The number of non-ortho nitro benzene ring substituents is 1. The predicted octanol–water partition coefficient (Wildman–Crippen LogP) is 1.79. The van der Waals surface area contributed by atoms with Crippen molar-refractivity contribution in [3.05, 3.63) is 69.5 Å². The van der Waals surface area contributed by atoms with Gasteiger partial charge in [0.2, 0.25) is 10.0 Å². The van der Waals surface area contributed by atoms with Crippen molar-refractivity contribution >= 4 is 27.5 Å². The first-order valence-electron chi connectivity index (χ1n) is 9.02. The molecule has 10 nitrogen and oxygen atoms in total. The van der Waals surface area contributed by atoms with E-state index in [0.29, 0.717) is 0 Å². The molecule has 0 radical (unpaired) electrons. The number of hydrogen-bond donors (Lipinski definition) is 0. The van der Waals surface area contributed by atoms with Gasteiger partial charge in [0.1, 0.15) is 5.82 Å². The van der Waals surface area contributed by atoms with Crippen LogP contribution in [0.3, 0.4) is 0 Å². The zero-order chi connectivity index (χ0) is 22.6. The Bertz CT molecular complexity index is 1110. The molecule has 12 heteroatoms. The molecule has 0 amide bonds. The number of halogens is 1. The molecular weight excluding hydrogens is 435 g/mol. The summed E-state index contributed by atoms with van der Waals surface area (Å²) in [7, 11) is -3.96. The Hall–Kier alpha value is -3.22. The highest BCUT2D eigenvalue weighted by Crippen LogP contribution is 2.21. The number of nitro benzene ring substituents is 1. The van der Waals surface area contributed by atoms with Crippen LogP contribution in [0.4, 0.5) is 10.1 Å². The molecule has 0 saturated carbocycles. The number of carbonyl (C=O) groups is 2.